The van der Waals surface area contributed by atoms with Crippen molar-refractivity contribution < 1.29 is 19.4 Å². The number of benzene rings is 2. The van der Waals surface area contributed by atoms with Gasteiger partial charge in [-0.1, -0.05) is 25.5 Å². The quantitative estimate of drug-likeness (QED) is 0.685. The lowest BCUT2D eigenvalue weighted by molar-refractivity contribution is -0.131. The lowest BCUT2D eigenvalue weighted by Gasteiger charge is -2.12. The fraction of sp³-hybridized carbons (Fsp3) is 0.312. The minimum atomic E-state index is -0.403. The predicted molar refractivity (Wildman–Crippen MR) is 77.5 cm³/mol. The molecule has 0 saturated heterocycles. The van der Waals surface area contributed by atoms with Crippen molar-refractivity contribution in [1.82, 2.24) is 0 Å². The zero-order valence-corrected chi connectivity index (χ0v) is 11.9. The van der Waals surface area contributed by atoms with Gasteiger partial charge in [-0.15, -0.1) is 0 Å². The van der Waals surface area contributed by atoms with E-state index in [1.165, 1.54) is 20.1 Å². The minimum Gasteiger partial charge on any atom is -0.504 e. The van der Waals surface area contributed by atoms with E-state index < -0.39 is 5.97 Å². The number of aromatic hydroxyl groups is 1. The SMILES string of the molecule is CCCc1ccc2c(O)c(OC)cc(OC(C)=O)c2c1. The van der Waals surface area contributed by atoms with Crippen LogP contribution in [0.25, 0.3) is 10.8 Å². The molecule has 4 nitrogen and oxygen atoms in total. The van der Waals surface area contributed by atoms with E-state index >= 15 is 0 Å². The van der Waals surface area contributed by atoms with Gasteiger partial charge in [-0.3, -0.25) is 4.79 Å². The molecule has 0 aliphatic carbocycles. The van der Waals surface area contributed by atoms with Crippen LogP contribution < -0.4 is 9.47 Å². The molecule has 0 aromatic heterocycles. The standard InChI is InChI=1S/C16H18O4/c1-4-5-11-6-7-12-13(8-11)14(20-10(2)17)9-15(19-3)16(12)18/h6-9,18H,4-5H2,1-3H3. The van der Waals surface area contributed by atoms with Crippen molar-refractivity contribution in [2.24, 2.45) is 0 Å². The third kappa shape index (κ3) is 2.69. The number of hydrogen-bond acceptors (Lipinski definition) is 4. The molecule has 2 aromatic carbocycles. The molecule has 0 amide bonds. The second-order valence-corrected chi connectivity index (χ2v) is 4.65. The summed E-state index contributed by atoms with van der Waals surface area (Å²) in [7, 11) is 1.46. The van der Waals surface area contributed by atoms with Crippen molar-refractivity contribution in [2.75, 3.05) is 7.11 Å². The largest absolute Gasteiger partial charge is 0.504 e. The Hall–Kier alpha value is -2.23. The number of hydrogen-bond donors (Lipinski definition) is 1. The summed E-state index contributed by atoms with van der Waals surface area (Å²) in [4.78, 5) is 11.2. The Bertz CT molecular complexity index is 646. The fourth-order valence-electron chi connectivity index (χ4n) is 2.24. The van der Waals surface area contributed by atoms with Gasteiger partial charge in [-0.2, -0.15) is 0 Å². The number of aryl methyl sites for hydroxylation is 1. The molecule has 106 valence electrons. The summed E-state index contributed by atoms with van der Waals surface area (Å²) >= 11 is 0. The lowest BCUT2D eigenvalue weighted by atomic mass is 10.0. The van der Waals surface area contributed by atoms with E-state index in [4.69, 9.17) is 9.47 Å². The van der Waals surface area contributed by atoms with E-state index in [9.17, 15) is 9.90 Å². The maximum absolute atomic E-state index is 11.2. The lowest BCUT2D eigenvalue weighted by Crippen LogP contribution is -2.02. The van der Waals surface area contributed by atoms with Crippen LogP contribution in [-0.2, 0) is 11.2 Å². The van der Waals surface area contributed by atoms with E-state index in [0.717, 1.165) is 18.4 Å². The van der Waals surface area contributed by atoms with Crippen molar-refractivity contribution in [2.45, 2.75) is 26.7 Å². The molecular weight excluding hydrogens is 256 g/mol. The van der Waals surface area contributed by atoms with Gasteiger partial charge in [0.25, 0.3) is 0 Å². The van der Waals surface area contributed by atoms with E-state index in [0.29, 0.717) is 16.5 Å². The summed E-state index contributed by atoms with van der Waals surface area (Å²) in [6.07, 6.45) is 1.96. The molecule has 0 atom stereocenters. The molecule has 2 aromatic rings. The zero-order chi connectivity index (χ0) is 14.7. The number of esters is 1. The van der Waals surface area contributed by atoms with Crippen LogP contribution in [0, 0.1) is 0 Å². The Morgan fingerprint density at radius 2 is 1.95 bits per heavy atom. The van der Waals surface area contributed by atoms with E-state index in [2.05, 4.69) is 6.92 Å². The van der Waals surface area contributed by atoms with Gasteiger partial charge in [-0.05, 0) is 18.1 Å². The van der Waals surface area contributed by atoms with E-state index in [1.807, 2.05) is 18.2 Å². The van der Waals surface area contributed by atoms with Crippen LogP contribution in [0.15, 0.2) is 24.3 Å². The number of phenolic OH excluding ortho intramolecular Hbond substituents is 1. The highest BCUT2D eigenvalue weighted by molar-refractivity contribution is 5.97. The summed E-state index contributed by atoms with van der Waals surface area (Å²) in [5, 5.41) is 11.5. The molecule has 4 heteroatoms. The van der Waals surface area contributed by atoms with Gasteiger partial charge < -0.3 is 14.6 Å². The topological polar surface area (TPSA) is 55.8 Å². The van der Waals surface area contributed by atoms with Gasteiger partial charge in [0.15, 0.2) is 11.5 Å². The Kier molecular flexibility index (Phi) is 4.13. The van der Waals surface area contributed by atoms with Crippen LogP contribution in [0.3, 0.4) is 0 Å². The summed E-state index contributed by atoms with van der Waals surface area (Å²) in [6, 6.07) is 7.26. The Morgan fingerprint density at radius 1 is 1.20 bits per heavy atom. The highest BCUT2D eigenvalue weighted by atomic mass is 16.5. The number of carbonyl (C=O) groups is 1. The zero-order valence-electron chi connectivity index (χ0n) is 11.9. The molecule has 0 heterocycles. The number of methoxy groups -OCH3 is 1. The fourth-order valence-corrected chi connectivity index (χ4v) is 2.24. The Morgan fingerprint density at radius 3 is 2.55 bits per heavy atom. The summed E-state index contributed by atoms with van der Waals surface area (Å²) in [6.45, 7) is 3.45. The van der Waals surface area contributed by atoms with Crippen LogP contribution in [0.2, 0.25) is 0 Å². The first kappa shape index (κ1) is 14.2. The van der Waals surface area contributed by atoms with Crippen LogP contribution >= 0.6 is 0 Å². The number of phenols is 1. The van der Waals surface area contributed by atoms with Gasteiger partial charge in [0.05, 0.1) is 7.11 Å². The van der Waals surface area contributed by atoms with Crippen LogP contribution in [0.4, 0.5) is 0 Å². The molecule has 0 bridgehead atoms. The molecular formula is C16H18O4. The Labute approximate surface area is 117 Å². The number of carbonyl (C=O) groups excluding carboxylic acids is 1. The smallest absolute Gasteiger partial charge is 0.308 e. The predicted octanol–water partition coefficient (Wildman–Crippen LogP) is 3.43. The van der Waals surface area contributed by atoms with Crippen molar-refractivity contribution in [3.05, 3.63) is 29.8 Å². The van der Waals surface area contributed by atoms with Crippen LogP contribution in [-0.4, -0.2) is 18.2 Å². The average molecular weight is 274 g/mol. The molecule has 0 aliphatic rings. The first-order valence-corrected chi connectivity index (χ1v) is 6.57. The van der Waals surface area contributed by atoms with Gasteiger partial charge in [0.1, 0.15) is 5.75 Å². The molecule has 20 heavy (non-hydrogen) atoms. The molecule has 0 fully saturated rings. The maximum Gasteiger partial charge on any atom is 0.308 e. The first-order valence-electron chi connectivity index (χ1n) is 6.57. The number of ether oxygens (including phenoxy) is 2. The molecule has 0 radical (unpaired) electrons. The average Bonchev–Trinajstić information content (AvgIpc) is 2.42. The maximum atomic E-state index is 11.2. The molecule has 0 aliphatic heterocycles. The van der Waals surface area contributed by atoms with Gasteiger partial charge >= 0.3 is 5.97 Å². The van der Waals surface area contributed by atoms with Gasteiger partial charge in [0.2, 0.25) is 0 Å². The third-order valence-electron chi connectivity index (χ3n) is 3.11. The van der Waals surface area contributed by atoms with E-state index in [-0.39, 0.29) is 11.5 Å². The van der Waals surface area contributed by atoms with Crippen molar-refractivity contribution in [1.29, 1.82) is 0 Å². The Balaban J connectivity index is 2.68. The molecule has 1 N–H and O–H groups in total. The summed E-state index contributed by atoms with van der Waals surface area (Å²) < 4.78 is 10.3. The molecule has 0 unspecified atom stereocenters. The minimum absolute atomic E-state index is 0.0569. The number of fused-ring (bicyclic) bond motifs is 1. The van der Waals surface area contributed by atoms with E-state index in [1.54, 1.807) is 0 Å². The summed E-state index contributed by atoms with van der Waals surface area (Å²) in [5.74, 6) is 0.346. The van der Waals surface area contributed by atoms with Gasteiger partial charge in [-0.25, -0.2) is 0 Å². The highest BCUT2D eigenvalue weighted by Gasteiger charge is 2.14. The third-order valence-corrected chi connectivity index (χ3v) is 3.11. The second kappa shape index (κ2) is 5.82. The molecule has 2 rings (SSSR count). The summed E-state index contributed by atoms with van der Waals surface area (Å²) in [5.41, 5.74) is 1.14. The first-order chi connectivity index (χ1) is 9.56. The molecule has 0 saturated carbocycles. The van der Waals surface area contributed by atoms with Crippen LogP contribution in [0.5, 0.6) is 17.2 Å². The monoisotopic (exact) mass is 274 g/mol. The normalized spacial score (nSPS) is 10.6. The van der Waals surface area contributed by atoms with Crippen molar-refractivity contribution in [3.8, 4) is 17.2 Å². The molecule has 0 spiro atoms. The highest BCUT2D eigenvalue weighted by Crippen LogP contribution is 2.41. The van der Waals surface area contributed by atoms with Crippen LogP contribution in [0.1, 0.15) is 25.8 Å². The van der Waals surface area contributed by atoms with Gasteiger partial charge in [0, 0.05) is 23.8 Å². The van der Waals surface area contributed by atoms with Crippen molar-refractivity contribution >= 4 is 16.7 Å². The number of rotatable bonds is 4. The second-order valence-electron chi connectivity index (χ2n) is 4.65. The van der Waals surface area contributed by atoms with Crippen molar-refractivity contribution in [3.63, 3.8) is 0 Å².